The van der Waals surface area contributed by atoms with Gasteiger partial charge in [-0.05, 0) is 29.8 Å². The lowest BCUT2D eigenvalue weighted by molar-refractivity contribution is -0.121. The summed E-state index contributed by atoms with van der Waals surface area (Å²) in [7, 11) is 1.57. The van der Waals surface area contributed by atoms with Gasteiger partial charge in [0, 0.05) is 26.1 Å². The van der Waals surface area contributed by atoms with Gasteiger partial charge in [-0.15, -0.1) is 0 Å². The number of ether oxygens (including phenoxy) is 1. The average molecular weight is 361 g/mol. The highest BCUT2D eigenvalue weighted by atomic mass is 79.9. The lowest BCUT2D eigenvalue weighted by Crippen LogP contribution is -2.31. The van der Waals surface area contributed by atoms with Crippen molar-refractivity contribution in [3.63, 3.8) is 0 Å². The smallest absolute Gasteiger partial charge is 0.283 e. The molecule has 0 spiro atoms. The van der Waals surface area contributed by atoms with E-state index < -0.39 is 0 Å². The molecule has 0 atom stereocenters. The summed E-state index contributed by atoms with van der Waals surface area (Å²) in [5.74, 6) is -0.0324. The van der Waals surface area contributed by atoms with E-state index in [2.05, 4.69) is 31.7 Å². The number of anilines is 1. The van der Waals surface area contributed by atoms with Crippen LogP contribution >= 0.6 is 15.9 Å². The summed E-state index contributed by atoms with van der Waals surface area (Å²) in [4.78, 5) is 23.5. The number of aromatic nitrogens is 2. The van der Waals surface area contributed by atoms with Crippen LogP contribution in [0.2, 0.25) is 0 Å². The first-order valence-electron chi connectivity index (χ1n) is 6.73. The van der Waals surface area contributed by atoms with Crippen LogP contribution in [0.15, 0.2) is 15.5 Å². The van der Waals surface area contributed by atoms with E-state index in [9.17, 15) is 9.59 Å². The van der Waals surface area contributed by atoms with Gasteiger partial charge in [-0.1, -0.05) is 0 Å². The number of hydrogen-bond acceptors (Lipinski definition) is 5. The van der Waals surface area contributed by atoms with Crippen LogP contribution in [-0.2, 0) is 16.1 Å². The van der Waals surface area contributed by atoms with E-state index in [1.807, 2.05) is 13.8 Å². The van der Waals surface area contributed by atoms with Crippen LogP contribution < -0.4 is 16.2 Å². The molecule has 1 rings (SSSR count). The van der Waals surface area contributed by atoms with Gasteiger partial charge in [-0.25, -0.2) is 4.68 Å². The summed E-state index contributed by atoms with van der Waals surface area (Å²) in [6.45, 7) is 5.06. The van der Waals surface area contributed by atoms with Gasteiger partial charge in [0.2, 0.25) is 5.91 Å². The van der Waals surface area contributed by atoms with E-state index in [4.69, 9.17) is 4.74 Å². The standard InChI is InChI=1S/C13H21BrN4O3/c1-9(2)17-11(19)4-5-15-10-8-16-18(6-7-21-3)13(20)12(10)14/h8-9,15H,4-7H2,1-3H3,(H,17,19). The first-order valence-corrected chi connectivity index (χ1v) is 7.52. The SMILES string of the molecule is COCCn1ncc(NCCC(=O)NC(C)C)c(Br)c1=O. The second-order valence-corrected chi connectivity index (χ2v) is 5.59. The predicted molar refractivity (Wildman–Crippen MR) is 84.5 cm³/mol. The molecule has 1 amide bonds. The Labute approximate surface area is 132 Å². The van der Waals surface area contributed by atoms with E-state index >= 15 is 0 Å². The number of hydrogen-bond donors (Lipinski definition) is 2. The van der Waals surface area contributed by atoms with Crippen LogP contribution in [0.25, 0.3) is 0 Å². The van der Waals surface area contributed by atoms with Crippen LogP contribution in [0.4, 0.5) is 5.69 Å². The fraction of sp³-hybridized carbons (Fsp3) is 0.615. The molecular formula is C13H21BrN4O3. The Hall–Kier alpha value is -1.41. The highest BCUT2D eigenvalue weighted by molar-refractivity contribution is 9.10. The van der Waals surface area contributed by atoms with Crippen LogP contribution in [0, 0.1) is 0 Å². The van der Waals surface area contributed by atoms with Crippen LogP contribution in [-0.4, -0.2) is 42.0 Å². The molecule has 0 saturated heterocycles. The summed E-state index contributed by atoms with van der Waals surface area (Å²) in [5, 5.41) is 9.88. The highest BCUT2D eigenvalue weighted by Gasteiger charge is 2.09. The largest absolute Gasteiger partial charge is 0.383 e. The number of methoxy groups -OCH3 is 1. The summed E-state index contributed by atoms with van der Waals surface area (Å²) < 4.78 is 6.64. The maximum Gasteiger partial charge on any atom is 0.283 e. The predicted octanol–water partition coefficient (Wildman–Crippen LogP) is 0.979. The molecule has 0 radical (unpaired) electrons. The molecule has 2 N–H and O–H groups in total. The summed E-state index contributed by atoms with van der Waals surface area (Å²) in [6, 6.07) is 0.121. The van der Waals surface area contributed by atoms with Crippen LogP contribution in [0.1, 0.15) is 20.3 Å². The molecule has 0 unspecified atom stereocenters. The summed E-state index contributed by atoms with van der Waals surface area (Å²) in [6.07, 6.45) is 1.89. The number of halogens is 1. The van der Waals surface area contributed by atoms with Gasteiger partial charge in [-0.2, -0.15) is 5.10 Å². The van der Waals surface area contributed by atoms with Gasteiger partial charge < -0.3 is 15.4 Å². The molecule has 1 heterocycles. The van der Waals surface area contributed by atoms with Crippen molar-refractivity contribution < 1.29 is 9.53 Å². The maximum atomic E-state index is 12.0. The van der Waals surface area contributed by atoms with Gasteiger partial charge in [-0.3, -0.25) is 9.59 Å². The van der Waals surface area contributed by atoms with Crippen molar-refractivity contribution in [1.29, 1.82) is 0 Å². The zero-order valence-corrected chi connectivity index (χ0v) is 14.1. The van der Waals surface area contributed by atoms with E-state index in [1.54, 1.807) is 13.3 Å². The molecule has 0 fully saturated rings. The summed E-state index contributed by atoms with van der Waals surface area (Å²) in [5.41, 5.74) is 0.342. The van der Waals surface area contributed by atoms with Crippen molar-refractivity contribution in [1.82, 2.24) is 15.1 Å². The molecule has 21 heavy (non-hydrogen) atoms. The Morgan fingerprint density at radius 2 is 2.24 bits per heavy atom. The Bertz CT molecular complexity index is 531. The van der Waals surface area contributed by atoms with Crippen molar-refractivity contribution in [2.75, 3.05) is 25.6 Å². The molecule has 118 valence electrons. The molecule has 0 aromatic carbocycles. The molecule has 0 bridgehead atoms. The molecule has 1 aromatic heterocycles. The molecule has 0 aliphatic carbocycles. The lowest BCUT2D eigenvalue weighted by Gasteiger charge is -2.11. The van der Waals surface area contributed by atoms with Gasteiger partial charge in [0.05, 0.1) is 25.0 Å². The van der Waals surface area contributed by atoms with Gasteiger partial charge in [0.15, 0.2) is 0 Å². The third-order valence-electron chi connectivity index (χ3n) is 2.61. The average Bonchev–Trinajstić information content (AvgIpc) is 2.42. The van der Waals surface area contributed by atoms with Gasteiger partial charge in [0.25, 0.3) is 5.56 Å². The number of carbonyl (C=O) groups is 1. The van der Waals surface area contributed by atoms with Crippen molar-refractivity contribution in [3.05, 3.63) is 21.0 Å². The third-order valence-corrected chi connectivity index (χ3v) is 3.38. The number of nitrogens with one attached hydrogen (secondary N) is 2. The molecule has 7 nitrogen and oxygen atoms in total. The van der Waals surface area contributed by atoms with E-state index in [-0.39, 0.29) is 17.5 Å². The van der Waals surface area contributed by atoms with Crippen LogP contribution in [0.3, 0.4) is 0 Å². The first-order chi connectivity index (χ1) is 9.95. The normalized spacial score (nSPS) is 10.7. The molecule has 1 aromatic rings. The second kappa shape index (κ2) is 8.78. The monoisotopic (exact) mass is 360 g/mol. The van der Waals surface area contributed by atoms with Crippen molar-refractivity contribution in [2.24, 2.45) is 0 Å². The van der Waals surface area contributed by atoms with Crippen molar-refractivity contribution >= 4 is 27.5 Å². The van der Waals surface area contributed by atoms with Gasteiger partial charge in [0.1, 0.15) is 4.47 Å². The quantitative estimate of drug-likeness (QED) is 0.721. The molecule has 8 heteroatoms. The third kappa shape index (κ3) is 5.84. The molecule has 0 saturated carbocycles. The van der Waals surface area contributed by atoms with Gasteiger partial charge >= 0.3 is 0 Å². The number of nitrogens with zero attached hydrogens (tertiary/aromatic N) is 2. The highest BCUT2D eigenvalue weighted by Crippen LogP contribution is 2.15. The van der Waals surface area contributed by atoms with Crippen molar-refractivity contribution in [2.45, 2.75) is 32.9 Å². The van der Waals surface area contributed by atoms with E-state index in [1.165, 1.54) is 4.68 Å². The molecule has 0 aliphatic heterocycles. The Kier molecular flexibility index (Phi) is 7.38. The fourth-order valence-electron chi connectivity index (χ4n) is 1.63. The Morgan fingerprint density at radius 1 is 1.52 bits per heavy atom. The lowest BCUT2D eigenvalue weighted by atomic mass is 10.3. The Morgan fingerprint density at radius 3 is 2.86 bits per heavy atom. The fourth-order valence-corrected chi connectivity index (χ4v) is 2.08. The topological polar surface area (TPSA) is 85.2 Å². The van der Waals surface area contributed by atoms with E-state index in [0.717, 1.165) is 0 Å². The molecule has 0 aliphatic rings. The number of amides is 1. The first kappa shape index (κ1) is 17.6. The summed E-state index contributed by atoms with van der Waals surface area (Å²) >= 11 is 3.25. The maximum absolute atomic E-state index is 12.0. The minimum absolute atomic E-state index is 0.0324. The number of carbonyl (C=O) groups excluding carboxylic acids is 1. The van der Waals surface area contributed by atoms with Crippen molar-refractivity contribution in [3.8, 4) is 0 Å². The zero-order chi connectivity index (χ0) is 15.8. The Balaban J connectivity index is 2.58. The minimum Gasteiger partial charge on any atom is -0.383 e. The number of rotatable bonds is 8. The minimum atomic E-state index is -0.233. The van der Waals surface area contributed by atoms with Crippen LogP contribution in [0.5, 0.6) is 0 Å². The zero-order valence-electron chi connectivity index (χ0n) is 12.5. The second-order valence-electron chi connectivity index (χ2n) is 4.79. The van der Waals surface area contributed by atoms with E-state index in [0.29, 0.717) is 36.3 Å². The molecular weight excluding hydrogens is 340 g/mol.